The molecule has 0 nitrogen and oxygen atoms in total. The fraction of sp³-hybridized carbons (Fsp3) is 0.800. The Morgan fingerprint density at radius 1 is 1.03 bits per heavy atom. The molecule has 30 heavy (non-hydrogen) atoms. The van der Waals surface area contributed by atoms with Crippen LogP contribution in [-0.2, 0) is 0 Å². The lowest BCUT2D eigenvalue weighted by molar-refractivity contribution is -0.0388. The van der Waals surface area contributed by atoms with Gasteiger partial charge in [0.05, 0.1) is 0 Å². The standard InChI is InChI=1S/C30H52/c1-23(2)13-9-14-24(3)15-10-16-25(4)17-11-18-27-26(5)19-20-28-29(6,7)21-12-22-30(27,28)8/h15,17,19,23,27-28H,9-14,16,18,20-22H2,1-8H3/b24-15+,25-17+/t27-,28?,30+/m0/s1. The van der Waals surface area contributed by atoms with Gasteiger partial charge in [-0.1, -0.05) is 82.4 Å². The molecule has 0 heterocycles. The Morgan fingerprint density at radius 3 is 2.40 bits per heavy atom. The van der Waals surface area contributed by atoms with E-state index in [0.717, 1.165) is 17.8 Å². The minimum atomic E-state index is 0.508. The van der Waals surface area contributed by atoms with Crippen LogP contribution in [0.4, 0.5) is 0 Å². The highest BCUT2D eigenvalue weighted by Gasteiger charge is 2.51. The third kappa shape index (κ3) is 6.86. The molecule has 2 aliphatic carbocycles. The zero-order valence-electron chi connectivity index (χ0n) is 21.7. The molecule has 0 amide bonds. The fourth-order valence-corrected chi connectivity index (χ4v) is 6.73. The lowest BCUT2D eigenvalue weighted by Gasteiger charge is -2.57. The van der Waals surface area contributed by atoms with Gasteiger partial charge in [0.2, 0.25) is 0 Å². The van der Waals surface area contributed by atoms with Crippen LogP contribution in [0.2, 0.25) is 0 Å². The molecule has 0 aliphatic heterocycles. The number of fused-ring (bicyclic) bond motifs is 1. The molecule has 0 heteroatoms. The first-order chi connectivity index (χ1) is 14.1. The molecule has 2 aliphatic rings. The van der Waals surface area contributed by atoms with Crippen LogP contribution in [0, 0.1) is 28.6 Å². The average Bonchev–Trinajstić information content (AvgIpc) is 2.63. The van der Waals surface area contributed by atoms with Crippen molar-refractivity contribution in [1.82, 2.24) is 0 Å². The summed E-state index contributed by atoms with van der Waals surface area (Å²) in [5.41, 5.74) is 5.87. The van der Waals surface area contributed by atoms with Crippen LogP contribution in [0.5, 0.6) is 0 Å². The van der Waals surface area contributed by atoms with E-state index in [-0.39, 0.29) is 0 Å². The van der Waals surface area contributed by atoms with Gasteiger partial charge in [-0.15, -0.1) is 0 Å². The predicted octanol–water partition coefficient (Wildman–Crippen LogP) is 10.1. The van der Waals surface area contributed by atoms with Crippen LogP contribution in [0.3, 0.4) is 0 Å². The molecule has 1 unspecified atom stereocenters. The monoisotopic (exact) mass is 412 g/mol. The molecule has 172 valence electrons. The number of rotatable bonds is 10. The summed E-state index contributed by atoms with van der Waals surface area (Å²) in [5.74, 6) is 2.48. The lowest BCUT2D eigenvalue weighted by atomic mass is 9.48. The van der Waals surface area contributed by atoms with Crippen molar-refractivity contribution in [3.05, 3.63) is 34.9 Å². The maximum Gasteiger partial charge on any atom is -0.0146 e. The maximum absolute atomic E-state index is 2.63. The Labute approximate surface area is 189 Å². The number of hydrogen-bond donors (Lipinski definition) is 0. The lowest BCUT2D eigenvalue weighted by Crippen LogP contribution is -2.48. The van der Waals surface area contributed by atoms with Gasteiger partial charge in [-0.3, -0.25) is 0 Å². The smallest absolute Gasteiger partial charge is 0.0146 e. The molecule has 0 bridgehead atoms. The van der Waals surface area contributed by atoms with Crippen LogP contribution in [0.15, 0.2) is 34.9 Å². The van der Waals surface area contributed by atoms with Crippen LogP contribution >= 0.6 is 0 Å². The molecular formula is C30H52. The summed E-state index contributed by atoms with van der Waals surface area (Å²) in [6.45, 7) is 19.4. The number of allylic oxidation sites excluding steroid dienone is 6. The van der Waals surface area contributed by atoms with Crippen LogP contribution < -0.4 is 0 Å². The predicted molar refractivity (Wildman–Crippen MR) is 136 cm³/mol. The Balaban J connectivity index is 1.84. The molecular weight excluding hydrogens is 360 g/mol. The molecule has 2 rings (SSSR count). The van der Waals surface area contributed by atoms with Gasteiger partial charge in [0.1, 0.15) is 0 Å². The second-order valence-electron chi connectivity index (χ2n) is 12.1. The second-order valence-corrected chi connectivity index (χ2v) is 12.1. The molecule has 0 aromatic heterocycles. The Kier molecular flexibility index (Phi) is 9.51. The summed E-state index contributed by atoms with van der Waals surface area (Å²) in [4.78, 5) is 0. The van der Waals surface area contributed by atoms with E-state index >= 15 is 0 Å². The Hall–Kier alpha value is -0.780. The normalized spacial score (nSPS) is 29.7. The molecule has 1 fully saturated rings. The highest BCUT2D eigenvalue weighted by molar-refractivity contribution is 5.18. The van der Waals surface area contributed by atoms with Crippen molar-refractivity contribution in [1.29, 1.82) is 0 Å². The number of hydrogen-bond acceptors (Lipinski definition) is 0. The summed E-state index contributed by atoms with van der Waals surface area (Å²) in [6.07, 6.45) is 22.2. The molecule has 3 atom stereocenters. The SMILES string of the molecule is CC1=CCC2C(C)(C)CCC[C@]2(C)[C@H]1CC/C=C(\C)CC/C=C(\C)CCCC(C)C. The van der Waals surface area contributed by atoms with Crippen LogP contribution in [0.1, 0.15) is 126 Å². The van der Waals surface area contributed by atoms with Gasteiger partial charge in [0.15, 0.2) is 0 Å². The van der Waals surface area contributed by atoms with E-state index < -0.39 is 0 Å². The first kappa shape index (κ1) is 25.5. The van der Waals surface area contributed by atoms with Crippen molar-refractivity contribution in [2.24, 2.45) is 28.6 Å². The average molecular weight is 413 g/mol. The van der Waals surface area contributed by atoms with Gasteiger partial charge in [0.25, 0.3) is 0 Å². The largest absolute Gasteiger partial charge is 0.0856 e. The van der Waals surface area contributed by atoms with E-state index in [1.807, 2.05) is 0 Å². The van der Waals surface area contributed by atoms with Crippen LogP contribution in [0.25, 0.3) is 0 Å². The maximum atomic E-state index is 2.63. The van der Waals surface area contributed by atoms with E-state index in [2.05, 4.69) is 73.6 Å². The minimum Gasteiger partial charge on any atom is -0.0856 e. The molecule has 0 saturated heterocycles. The third-order valence-electron chi connectivity index (χ3n) is 8.63. The second kappa shape index (κ2) is 11.2. The van der Waals surface area contributed by atoms with Gasteiger partial charge in [-0.2, -0.15) is 0 Å². The van der Waals surface area contributed by atoms with Crippen molar-refractivity contribution in [3.63, 3.8) is 0 Å². The van der Waals surface area contributed by atoms with Crippen molar-refractivity contribution < 1.29 is 0 Å². The van der Waals surface area contributed by atoms with Gasteiger partial charge in [0, 0.05) is 0 Å². The van der Waals surface area contributed by atoms with Crippen molar-refractivity contribution >= 4 is 0 Å². The van der Waals surface area contributed by atoms with Gasteiger partial charge in [-0.05, 0) is 107 Å². The quantitative estimate of drug-likeness (QED) is 0.313. The van der Waals surface area contributed by atoms with Gasteiger partial charge < -0.3 is 0 Å². The van der Waals surface area contributed by atoms with E-state index in [1.165, 1.54) is 70.6 Å². The zero-order chi connectivity index (χ0) is 22.4. The van der Waals surface area contributed by atoms with E-state index in [9.17, 15) is 0 Å². The minimum absolute atomic E-state index is 0.508. The summed E-state index contributed by atoms with van der Waals surface area (Å²) < 4.78 is 0. The Morgan fingerprint density at radius 2 is 1.70 bits per heavy atom. The van der Waals surface area contributed by atoms with Gasteiger partial charge >= 0.3 is 0 Å². The summed E-state index contributed by atoms with van der Waals surface area (Å²) in [7, 11) is 0. The van der Waals surface area contributed by atoms with Crippen molar-refractivity contribution in [2.45, 2.75) is 126 Å². The highest BCUT2D eigenvalue weighted by Crippen LogP contribution is 2.60. The molecule has 0 aromatic carbocycles. The summed E-state index contributed by atoms with van der Waals surface area (Å²) in [6, 6.07) is 0. The highest BCUT2D eigenvalue weighted by atomic mass is 14.6. The fourth-order valence-electron chi connectivity index (χ4n) is 6.73. The third-order valence-corrected chi connectivity index (χ3v) is 8.63. The first-order valence-corrected chi connectivity index (χ1v) is 13.0. The first-order valence-electron chi connectivity index (χ1n) is 13.0. The molecule has 0 aromatic rings. The summed E-state index contributed by atoms with van der Waals surface area (Å²) >= 11 is 0. The van der Waals surface area contributed by atoms with Crippen molar-refractivity contribution in [2.75, 3.05) is 0 Å². The topological polar surface area (TPSA) is 0 Å². The molecule has 1 saturated carbocycles. The molecule has 0 N–H and O–H groups in total. The zero-order valence-corrected chi connectivity index (χ0v) is 21.7. The van der Waals surface area contributed by atoms with Crippen LogP contribution in [-0.4, -0.2) is 0 Å². The molecule has 0 radical (unpaired) electrons. The van der Waals surface area contributed by atoms with Gasteiger partial charge in [-0.25, -0.2) is 0 Å². The van der Waals surface area contributed by atoms with E-state index in [4.69, 9.17) is 0 Å². The Bertz CT molecular complexity index is 626. The van der Waals surface area contributed by atoms with Crippen molar-refractivity contribution in [3.8, 4) is 0 Å². The summed E-state index contributed by atoms with van der Waals surface area (Å²) in [5, 5.41) is 0. The van der Waals surface area contributed by atoms with E-state index in [1.54, 1.807) is 16.7 Å². The van der Waals surface area contributed by atoms with E-state index in [0.29, 0.717) is 10.8 Å². The molecule has 0 spiro atoms.